The molecule has 2 rings (SSSR count). The second-order valence-electron chi connectivity index (χ2n) is 7.05. The van der Waals surface area contributed by atoms with Gasteiger partial charge in [-0.15, -0.1) is 0 Å². The Hall–Kier alpha value is -0.830. The van der Waals surface area contributed by atoms with Gasteiger partial charge in [0.2, 0.25) is 0 Å². The quantitative estimate of drug-likeness (QED) is 0.568. The molecule has 0 aromatic rings. The van der Waals surface area contributed by atoms with E-state index in [1.54, 1.807) is 0 Å². The third kappa shape index (κ3) is 3.59. The van der Waals surface area contributed by atoms with Crippen LogP contribution in [0, 0.1) is 11.3 Å². The summed E-state index contributed by atoms with van der Waals surface area (Å²) in [6, 6.07) is 0.667. The van der Waals surface area contributed by atoms with Crippen molar-refractivity contribution in [3.05, 3.63) is 12.2 Å². The Balaban J connectivity index is 1.92. The van der Waals surface area contributed by atoms with Gasteiger partial charge >= 0.3 is 5.97 Å². The van der Waals surface area contributed by atoms with E-state index < -0.39 is 5.41 Å². The van der Waals surface area contributed by atoms with Crippen molar-refractivity contribution < 1.29 is 9.53 Å². The topological polar surface area (TPSA) is 29.5 Å². The van der Waals surface area contributed by atoms with Crippen LogP contribution in [0.15, 0.2) is 12.2 Å². The van der Waals surface area contributed by atoms with Crippen molar-refractivity contribution >= 4 is 5.97 Å². The molecule has 3 nitrogen and oxygen atoms in total. The third-order valence-corrected chi connectivity index (χ3v) is 4.26. The summed E-state index contributed by atoms with van der Waals surface area (Å²) in [5.74, 6) is 0.661. The fraction of sp³-hybridized carbons (Fsp3) is 0.812. The second kappa shape index (κ2) is 5.66. The molecular weight excluding hydrogens is 238 g/mol. The summed E-state index contributed by atoms with van der Waals surface area (Å²) in [5.41, 5.74) is -0.420. The number of nitrogens with zero attached hydrogens (tertiary/aromatic N) is 1. The lowest BCUT2D eigenvalue weighted by molar-refractivity contribution is -0.157. The smallest absolute Gasteiger partial charge is 0.311 e. The van der Waals surface area contributed by atoms with E-state index in [-0.39, 0.29) is 12.1 Å². The van der Waals surface area contributed by atoms with E-state index in [0.717, 1.165) is 19.0 Å². The molecule has 1 aliphatic heterocycles. The highest BCUT2D eigenvalue weighted by Crippen LogP contribution is 2.30. The average molecular weight is 265 g/mol. The summed E-state index contributed by atoms with van der Waals surface area (Å²) < 4.78 is 5.61. The Bertz CT molecular complexity index is 356. The van der Waals surface area contributed by atoms with Gasteiger partial charge in [-0.25, -0.2) is 0 Å². The molecule has 1 saturated carbocycles. The number of ether oxygens (including phenoxy) is 1. The fourth-order valence-electron chi connectivity index (χ4n) is 3.04. The molecule has 0 aromatic carbocycles. The number of carbonyl (C=O) groups is 1. The highest BCUT2D eigenvalue weighted by molar-refractivity contribution is 5.75. The normalized spacial score (nSPS) is 32.5. The van der Waals surface area contributed by atoms with Gasteiger partial charge in [0.15, 0.2) is 0 Å². The number of hydrogen-bond acceptors (Lipinski definition) is 3. The van der Waals surface area contributed by atoms with Crippen molar-refractivity contribution in [2.45, 2.75) is 59.1 Å². The van der Waals surface area contributed by atoms with Gasteiger partial charge < -0.3 is 4.74 Å². The SMILES string of the molecule is CC1CCCC1N1CC=C[C@H](OC(=O)C(C)(C)C)C1. The van der Waals surface area contributed by atoms with Crippen molar-refractivity contribution in [2.24, 2.45) is 11.3 Å². The molecule has 0 spiro atoms. The highest BCUT2D eigenvalue weighted by atomic mass is 16.5. The summed E-state index contributed by atoms with van der Waals surface area (Å²) in [4.78, 5) is 14.4. The van der Waals surface area contributed by atoms with Gasteiger partial charge in [-0.2, -0.15) is 0 Å². The Kier molecular flexibility index (Phi) is 4.34. The number of rotatable bonds is 2. The molecule has 108 valence electrons. The van der Waals surface area contributed by atoms with Crippen LogP contribution in [-0.4, -0.2) is 36.1 Å². The molecule has 0 aromatic heterocycles. The molecule has 0 radical (unpaired) electrons. The van der Waals surface area contributed by atoms with Gasteiger partial charge in [0.05, 0.1) is 5.41 Å². The Morgan fingerprint density at radius 1 is 1.32 bits per heavy atom. The van der Waals surface area contributed by atoms with Crippen LogP contribution < -0.4 is 0 Å². The maximum Gasteiger partial charge on any atom is 0.311 e. The summed E-state index contributed by atoms with van der Waals surface area (Å²) in [6.07, 6.45) is 8.06. The molecule has 1 aliphatic carbocycles. The van der Waals surface area contributed by atoms with E-state index >= 15 is 0 Å². The monoisotopic (exact) mass is 265 g/mol. The van der Waals surface area contributed by atoms with E-state index in [2.05, 4.69) is 17.9 Å². The number of carbonyl (C=O) groups excluding carboxylic acids is 1. The van der Waals surface area contributed by atoms with Crippen LogP contribution in [0.5, 0.6) is 0 Å². The molecule has 1 fully saturated rings. The first kappa shape index (κ1) is 14.6. The summed E-state index contributed by atoms with van der Waals surface area (Å²) in [7, 11) is 0. The predicted octanol–water partition coefficient (Wildman–Crippen LogP) is 3.00. The van der Waals surface area contributed by atoms with Crippen molar-refractivity contribution in [3.8, 4) is 0 Å². The van der Waals surface area contributed by atoms with E-state index in [4.69, 9.17) is 4.74 Å². The third-order valence-electron chi connectivity index (χ3n) is 4.26. The second-order valence-corrected chi connectivity index (χ2v) is 7.05. The molecule has 0 bridgehead atoms. The predicted molar refractivity (Wildman–Crippen MR) is 76.9 cm³/mol. The van der Waals surface area contributed by atoms with Crippen LogP contribution in [0.25, 0.3) is 0 Å². The summed E-state index contributed by atoms with van der Waals surface area (Å²) in [6.45, 7) is 9.90. The van der Waals surface area contributed by atoms with E-state index in [1.807, 2.05) is 26.8 Å². The van der Waals surface area contributed by atoms with Gasteiger partial charge in [-0.1, -0.05) is 19.4 Å². The van der Waals surface area contributed by atoms with Crippen LogP contribution in [0.2, 0.25) is 0 Å². The van der Waals surface area contributed by atoms with E-state index in [9.17, 15) is 4.79 Å². The van der Waals surface area contributed by atoms with Crippen molar-refractivity contribution in [2.75, 3.05) is 13.1 Å². The maximum atomic E-state index is 12.0. The summed E-state index contributed by atoms with van der Waals surface area (Å²) >= 11 is 0. The van der Waals surface area contributed by atoms with Gasteiger partial charge in [-0.05, 0) is 45.6 Å². The molecule has 0 N–H and O–H groups in total. The minimum absolute atomic E-state index is 0.0757. The van der Waals surface area contributed by atoms with Crippen LogP contribution in [0.1, 0.15) is 47.0 Å². The van der Waals surface area contributed by atoms with Gasteiger partial charge in [0, 0.05) is 19.1 Å². The first-order valence-electron chi connectivity index (χ1n) is 7.49. The lowest BCUT2D eigenvalue weighted by Gasteiger charge is -2.36. The van der Waals surface area contributed by atoms with E-state index in [0.29, 0.717) is 6.04 Å². The maximum absolute atomic E-state index is 12.0. The standard InChI is InChI=1S/C16H27NO2/c1-12-7-5-9-14(12)17-10-6-8-13(11-17)19-15(18)16(2,3)4/h6,8,12-14H,5,7,9-11H2,1-4H3/t12?,13-,14?/m0/s1. The van der Waals surface area contributed by atoms with Gasteiger partial charge in [-0.3, -0.25) is 9.69 Å². The molecule has 3 atom stereocenters. The van der Waals surface area contributed by atoms with Crippen LogP contribution >= 0.6 is 0 Å². The number of esters is 1. The van der Waals surface area contributed by atoms with Crippen LogP contribution in [0.3, 0.4) is 0 Å². The minimum atomic E-state index is -0.420. The Morgan fingerprint density at radius 2 is 2.05 bits per heavy atom. The Labute approximate surface area is 117 Å². The Morgan fingerprint density at radius 3 is 2.63 bits per heavy atom. The largest absolute Gasteiger partial charge is 0.456 e. The molecule has 0 amide bonds. The molecule has 19 heavy (non-hydrogen) atoms. The van der Waals surface area contributed by atoms with Gasteiger partial charge in [0.25, 0.3) is 0 Å². The molecule has 3 heteroatoms. The van der Waals surface area contributed by atoms with E-state index in [1.165, 1.54) is 19.3 Å². The number of hydrogen-bond donors (Lipinski definition) is 0. The first-order chi connectivity index (χ1) is 8.88. The van der Waals surface area contributed by atoms with Crippen LogP contribution in [0.4, 0.5) is 0 Å². The minimum Gasteiger partial charge on any atom is -0.456 e. The summed E-state index contributed by atoms with van der Waals surface area (Å²) in [5, 5.41) is 0. The lowest BCUT2D eigenvalue weighted by Crippen LogP contribution is -2.45. The van der Waals surface area contributed by atoms with Crippen molar-refractivity contribution in [3.63, 3.8) is 0 Å². The molecule has 0 saturated heterocycles. The van der Waals surface area contributed by atoms with Crippen LogP contribution in [-0.2, 0) is 9.53 Å². The van der Waals surface area contributed by atoms with Crippen molar-refractivity contribution in [1.82, 2.24) is 4.90 Å². The zero-order valence-corrected chi connectivity index (χ0v) is 12.7. The highest BCUT2D eigenvalue weighted by Gasteiger charge is 2.33. The molecule has 1 heterocycles. The van der Waals surface area contributed by atoms with Gasteiger partial charge in [0.1, 0.15) is 6.10 Å². The average Bonchev–Trinajstić information content (AvgIpc) is 2.74. The zero-order chi connectivity index (χ0) is 14.0. The first-order valence-corrected chi connectivity index (χ1v) is 7.49. The lowest BCUT2D eigenvalue weighted by atomic mass is 9.97. The van der Waals surface area contributed by atoms with Crippen molar-refractivity contribution in [1.29, 1.82) is 0 Å². The molecular formula is C16H27NO2. The zero-order valence-electron chi connectivity index (χ0n) is 12.7. The molecule has 2 aliphatic rings. The molecule has 2 unspecified atom stereocenters. The fourth-order valence-corrected chi connectivity index (χ4v) is 3.04.